The van der Waals surface area contributed by atoms with Crippen molar-refractivity contribution in [1.82, 2.24) is 19.9 Å². The molecule has 2 aliphatic heterocycles. The molecule has 0 saturated heterocycles. The molecule has 5 heterocycles. The number of carbonyl (C=O) groups is 5. The first kappa shape index (κ1) is 40.4. The molecule has 14 heteroatoms. The lowest BCUT2D eigenvalue weighted by Crippen LogP contribution is -2.42. The zero-order valence-electron chi connectivity index (χ0n) is 33.8. The molecule has 0 saturated carbocycles. The number of aromatic amines is 2. The summed E-state index contributed by atoms with van der Waals surface area (Å²) in [7, 11) is 6.37. The molecule has 6 rings (SSSR count). The summed E-state index contributed by atoms with van der Waals surface area (Å²) in [5, 5.41) is 0. The Morgan fingerprint density at radius 1 is 0.719 bits per heavy atom. The minimum absolute atomic E-state index is 0.00624. The van der Waals surface area contributed by atoms with Crippen molar-refractivity contribution in [3.05, 3.63) is 86.5 Å². The molecular formula is C43H46N4O10. The summed E-state index contributed by atoms with van der Waals surface area (Å²) < 4.78 is 25.9. The molecule has 2 atom stereocenters. The third-order valence-corrected chi connectivity index (χ3v) is 11.4. The van der Waals surface area contributed by atoms with E-state index in [9.17, 15) is 24.0 Å². The molecule has 3 aliphatic rings. The smallest absolute Gasteiger partial charge is 0.340 e. The lowest BCUT2D eigenvalue weighted by Gasteiger charge is -2.36. The van der Waals surface area contributed by atoms with Crippen molar-refractivity contribution < 1.29 is 47.7 Å². The third kappa shape index (κ3) is 6.72. The maximum atomic E-state index is 13.8. The Hall–Kier alpha value is -6.31. The van der Waals surface area contributed by atoms with Gasteiger partial charge in [-0.15, -0.1) is 0 Å². The molecule has 298 valence electrons. The minimum atomic E-state index is -1.24. The monoisotopic (exact) mass is 778 g/mol. The van der Waals surface area contributed by atoms with Crippen molar-refractivity contribution in [3.8, 4) is 0 Å². The molecular weight excluding hydrogens is 732 g/mol. The summed E-state index contributed by atoms with van der Waals surface area (Å²) in [4.78, 5) is 83.7. The van der Waals surface area contributed by atoms with E-state index < -0.39 is 41.2 Å². The average molecular weight is 779 g/mol. The van der Waals surface area contributed by atoms with Gasteiger partial charge in [-0.3, -0.25) is 19.4 Å². The maximum Gasteiger partial charge on any atom is 0.340 e. The number of H-pyrrole nitrogens is 2. The zero-order valence-corrected chi connectivity index (χ0v) is 33.8. The molecule has 2 N–H and O–H groups in total. The number of ether oxygens (including phenoxy) is 5. The van der Waals surface area contributed by atoms with Gasteiger partial charge in [0.15, 0.2) is 0 Å². The highest BCUT2D eigenvalue weighted by atomic mass is 16.5. The highest BCUT2D eigenvalue weighted by molar-refractivity contribution is 6.25. The molecule has 0 fully saturated rings. The van der Waals surface area contributed by atoms with Gasteiger partial charge in [-0.2, -0.15) is 0 Å². The van der Waals surface area contributed by atoms with Crippen LogP contribution in [0.15, 0.2) is 35.9 Å². The van der Waals surface area contributed by atoms with Gasteiger partial charge in [0.05, 0.1) is 81.3 Å². The Kier molecular flexibility index (Phi) is 11.1. The van der Waals surface area contributed by atoms with E-state index in [0.29, 0.717) is 62.4 Å². The molecule has 0 radical (unpaired) electrons. The number of hydrogen-bond donors (Lipinski definition) is 2. The van der Waals surface area contributed by atoms with Gasteiger partial charge < -0.3 is 33.7 Å². The molecule has 0 amide bonds. The number of methoxy groups -OCH3 is 5. The Bertz CT molecular complexity index is 2520. The molecule has 3 aromatic rings. The van der Waals surface area contributed by atoms with Crippen LogP contribution in [-0.4, -0.2) is 85.3 Å². The van der Waals surface area contributed by atoms with Crippen LogP contribution in [0.25, 0.3) is 38.8 Å². The van der Waals surface area contributed by atoms with Gasteiger partial charge in [0, 0.05) is 34.1 Å². The van der Waals surface area contributed by atoms with Crippen LogP contribution in [0.4, 0.5) is 0 Å². The van der Waals surface area contributed by atoms with Crippen molar-refractivity contribution >= 4 is 68.6 Å². The van der Waals surface area contributed by atoms with Gasteiger partial charge in [-0.25, -0.2) is 14.6 Å². The number of nitrogens with zero attached hydrogens (tertiary/aromatic N) is 2. The largest absolute Gasteiger partial charge is 0.469 e. The Morgan fingerprint density at radius 2 is 1.37 bits per heavy atom. The molecule has 0 spiro atoms. The third-order valence-electron chi connectivity index (χ3n) is 11.4. The summed E-state index contributed by atoms with van der Waals surface area (Å²) in [6.07, 6.45) is 3.89. The Morgan fingerprint density at radius 3 is 2.00 bits per heavy atom. The van der Waals surface area contributed by atoms with Gasteiger partial charge in [0.2, 0.25) is 0 Å². The fourth-order valence-corrected chi connectivity index (χ4v) is 8.22. The predicted octanol–water partition coefficient (Wildman–Crippen LogP) is 5.66. The number of fused-ring (bicyclic) bond motifs is 11. The van der Waals surface area contributed by atoms with Gasteiger partial charge in [-0.05, 0) is 92.1 Å². The van der Waals surface area contributed by atoms with Crippen molar-refractivity contribution in [2.45, 2.75) is 65.7 Å². The van der Waals surface area contributed by atoms with Crippen LogP contribution in [0, 0.1) is 19.8 Å². The quantitative estimate of drug-likeness (QED) is 0.201. The number of aromatic nitrogens is 4. The number of aryl methyl sites for hydroxylation is 4. The van der Waals surface area contributed by atoms with E-state index >= 15 is 0 Å². The Labute approximate surface area is 329 Å². The number of rotatable bonds is 9. The highest BCUT2D eigenvalue weighted by Crippen LogP contribution is 2.52. The minimum Gasteiger partial charge on any atom is -0.469 e. The van der Waals surface area contributed by atoms with E-state index in [1.807, 2.05) is 39.8 Å². The van der Waals surface area contributed by atoms with Gasteiger partial charge >= 0.3 is 29.8 Å². The lowest BCUT2D eigenvalue weighted by molar-refractivity contribution is -0.149. The van der Waals surface area contributed by atoms with E-state index in [-0.39, 0.29) is 36.1 Å². The summed E-state index contributed by atoms with van der Waals surface area (Å²) in [6, 6.07) is 5.58. The van der Waals surface area contributed by atoms with Crippen LogP contribution in [0.3, 0.4) is 0 Å². The first-order chi connectivity index (χ1) is 27.2. The van der Waals surface area contributed by atoms with Crippen molar-refractivity contribution in [3.63, 3.8) is 0 Å². The van der Waals surface area contributed by atoms with Crippen molar-refractivity contribution in [2.75, 3.05) is 35.5 Å². The van der Waals surface area contributed by atoms with E-state index in [1.165, 1.54) is 35.5 Å². The highest BCUT2D eigenvalue weighted by Gasteiger charge is 2.53. The van der Waals surface area contributed by atoms with Crippen LogP contribution in [-0.2, 0) is 72.3 Å². The molecule has 3 aromatic heterocycles. The molecule has 14 nitrogen and oxygen atoms in total. The predicted molar refractivity (Wildman–Crippen MR) is 211 cm³/mol. The second-order valence-electron chi connectivity index (χ2n) is 14.2. The topological polar surface area (TPSA) is 189 Å². The van der Waals surface area contributed by atoms with Gasteiger partial charge in [0.1, 0.15) is 5.92 Å². The van der Waals surface area contributed by atoms with Crippen LogP contribution < -0.4 is 0 Å². The second-order valence-corrected chi connectivity index (χ2v) is 14.2. The number of carbonyl (C=O) groups excluding carboxylic acids is 5. The summed E-state index contributed by atoms with van der Waals surface area (Å²) in [6.45, 7) is 9.50. The standard InChI is InChI=1S/C43H46N4O10/c1-11-23-20(2)28-18-32-27-14-12-25(40(50)55-8)37(42(52)57-10)43(27,5)33(45-32)19-30-21(3)24(13-15-34(48)53-6)38(46-30)26(16-35(49)54-7)39-36(41(51)56-9)22(4)29(47-39)17-31(23)44-28/h12,14,17-19,37,44,46H,11,13,15-16H2,1-10H3/t37-,43+/m0/s1. The molecule has 0 aromatic carbocycles. The summed E-state index contributed by atoms with van der Waals surface area (Å²) >= 11 is 0. The number of esters is 5. The van der Waals surface area contributed by atoms with Crippen LogP contribution >= 0.6 is 0 Å². The first-order valence-electron chi connectivity index (χ1n) is 18.5. The van der Waals surface area contributed by atoms with Crippen molar-refractivity contribution in [1.29, 1.82) is 0 Å². The van der Waals surface area contributed by atoms with Gasteiger partial charge in [-0.1, -0.05) is 19.1 Å². The number of hydrogen-bond acceptors (Lipinski definition) is 12. The first-order valence-corrected chi connectivity index (χ1v) is 18.5. The van der Waals surface area contributed by atoms with Crippen LogP contribution in [0.5, 0.6) is 0 Å². The van der Waals surface area contributed by atoms with Gasteiger partial charge in [0.25, 0.3) is 0 Å². The van der Waals surface area contributed by atoms with E-state index in [4.69, 9.17) is 33.7 Å². The maximum absolute atomic E-state index is 13.8. The fourth-order valence-electron chi connectivity index (χ4n) is 8.22. The molecule has 8 bridgehead atoms. The van der Waals surface area contributed by atoms with E-state index in [0.717, 1.165) is 22.2 Å². The number of allylic oxidation sites excluding steroid dienone is 4. The summed E-state index contributed by atoms with van der Waals surface area (Å²) in [5.74, 6) is -4.19. The average Bonchev–Trinajstić information content (AvgIpc) is 3.88. The molecule has 0 unspecified atom stereocenters. The van der Waals surface area contributed by atoms with Crippen LogP contribution in [0.2, 0.25) is 0 Å². The van der Waals surface area contributed by atoms with Crippen molar-refractivity contribution in [2.24, 2.45) is 5.92 Å². The molecule has 1 aliphatic carbocycles. The Balaban J connectivity index is 1.88. The number of nitrogens with one attached hydrogen (secondary N) is 2. The van der Waals surface area contributed by atoms with Crippen LogP contribution in [0.1, 0.15) is 77.8 Å². The second kappa shape index (κ2) is 15.7. The van der Waals surface area contributed by atoms with E-state index in [2.05, 4.69) is 9.97 Å². The fraction of sp³-hybridized carbons (Fsp3) is 0.372. The van der Waals surface area contributed by atoms with E-state index in [1.54, 1.807) is 25.1 Å². The molecule has 57 heavy (non-hydrogen) atoms. The lowest BCUT2D eigenvalue weighted by atomic mass is 9.64. The zero-order chi connectivity index (χ0) is 41.5. The summed E-state index contributed by atoms with van der Waals surface area (Å²) in [5.41, 5.74) is 7.99. The SMILES string of the molecule is CCc1c(C)c2cc3nc(cc4[nH]c(c(CC(=O)OC)c5nc(cc1[nH]2)C(C)=C5C(=O)OC)c(CCC(=O)OC)c4C)[C@@]1(C)C3=CC=C(C(=O)OC)[C@H]1C(=O)OC. The normalized spacial score (nSPS) is 17.3.